The van der Waals surface area contributed by atoms with Crippen LogP contribution in [0.3, 0.4) is 0 Å². The van der Waals surface area contributed by atoms with Gasteiger partial charge < -0.3 is 15.0 Å². The number of carbonyl (C=O) groups is 1. The van der Waals surface area contributed by atoms with Gasteiger partial charge in [0.05, 0.1) is 35.3 Å². The molecule has 0 aliphatic carbocycles. The van der Waals surface area contributed by atoms with Gasteiger partial charge in [-0.1, -0.05) is 0 Å². The lowest BCUT2D eigenvalue weighted by molar-refractivity contribution is -0.138. The molecule has 1 aromatic carbocycles. The first-order chi connectivity index (χ1) is 19.7. The van der Waals surface area contributed by atoms with Crippen molar-refractivity contribution >= 4 is 18.0 Å². The number of nitrogens with one attached hydrogen (secondary N) is 2. The number of hydrogen-bond acceptors (Lipinski definition) is 8. The highest BCUT2D eigenvalue weighted by atomic mass is 19.4. The minimum Gasteiger partial charge on any atom is -0.381 e. The molecule has 0 radical (unpaired) electrons. The molecule has 2 atom stereocenters. The summed E-state index contributed by atoms with van der Waals surface area (Å²) in [6.45, 7) is 5.36. The Morgan fingerprint density at radius 3 is 2.67 bits per heavy atom. The molecule has 4 rings (SSSR count). The lowest BCUT2D eigenvalue weighted by Crippen LogP contribution is -2.30. The first kappa shape index (κ1) is 30.8. The third kappa shape index (κ3) is 6.81. The maximum absolute atomic E-state index is 14.9. The molecule has 224 valence electrons. The molecule has 42 heavy (non-hydrogen) atoms. The quantitative estimate of drug-likeness (QED) is 0.247. The number of ether oxygens (including phenoxy) is 1. The van der Waals surface area contributed by atoms with Crippen LogP contribution < -0.4 is 10.9 Å². The fraction of sp³-hybridized carbons (Fsp3) is 0.393. The molecule has 9 nitrogen and oxygen atoms in total. The summed E-state index contributed by atoms with van der Waals surface area (Å²) in [5.41, 5.74) is -2.01. The van der Waals surface area contributed by atoms with E-state index in [4.69, 9.17) is 4.74 Å². The van der Waals surface area contributed by atoms with E-state index in [1.165, 1.54) is 30.2 Å². The van der Waals surface area contributed by atoms with E-state index in [0.29, 0.717) is 17.5 Å². The molecule has 2 N–H and O–H groups in total. The van der Waals surface area contributed by atoms with E-state index >= 15 is 0 Å². The Morgan fingerprint density at radius 1 is 1.24 bits per heavy atom. The number of aromatic amines is 1. The number of H-pyrrole nitrogens is 1. The van der Waals surface area contributed by atoms with Crippen LogP contribution in [-0.4, -0.2) is 57.2 Å². The van der Waals surface area contributed by atoms with Crippen molar-refractivity contribution < 1.29 is 31.5 Å². The normalized spacial score (nSPS) is 15.8. The van der Waals surface area contributed by atoms with Crippen molar-refractivity contribution in [1.82, 2.24) is 25.1 Å². The fourth-order valence-electron chi connectivity index (χ4n) is 4.66. The lowest BCUT2D eigenvalue weighted by atomic mass is 10.00. The number of aromatic nitrogens is 4. The predicted octanol–water partition coefficient (Wildman–Crippen LogP) is 5.09. The van der Waals surface area contributed by atoms with Crippen molar-refractivity contribution in [3.05, 3.63) is 74.8 Å². The van der Waals surface area contributed by atoms with Crippen LogP contribution in [0.15, 0.2) is 35.5 Å². The second-order valence-electron chi connectivity index (χ2n) is 10.6. The van der Waals surface area contributed by atoms with E-state index in [0.717, 1.165) is 17.8 Å². The monoisotopic (exact) mass is 592 g/mol. The van der Waals surface area contributed by atoms with Gasteiger partial charge in [-0.15, -0.1) is 0 Å². The summed E-state index contributed by atoms with van der Waals surface area (Å²) in [5.74, 6) is -0.557. The number of nitrogens with zero attached hydrogens (tertiary/aromatic N) is 4. The molecule has 0 bridgehead atoms. The number of hydrogen-bond donors (Lipinski definition) is 2. The number of fused-ring (bicyclic) bond motifs is 1. The molecule has 14 heteroatoms. The van der Waals surface area contributed by atoms with Crippen molar-refractivity contribution in [2.75, 3.05) is 18.9 Å². The molecule has 0 saturated heterocycles. The van der Waals surface area contributed by atoms with E-state index in [1.54, 1.807) is 18.3 Å². The lowest BCUT2D eigenvalue weighted by Gasteiger charge is -2.22. The molecule has 0 fully saturated rings. The fourth-order valence-corrected chi connectivity index (χ4v) is 4.66. The summed E-state index contributed by atoms with van der Waals surface area (Å²) < 4.78 is 75.3. The Labute approximate surface area is 237 Å². The van der Waals surface area contributed by atoms with Gasteiger partial charge in [0.25, 0.3) is 5.56 Å². The zero-order valence-electron chi connectivity index (χ0n) is 23.2. The third-order valence-electron chi connectivity index (χ3n) is 6.77. The van der Waals surface area contributed by atoms with Crippen molar-refractivity contribution in [2.45, 2.75) is 57.8 Å². The predicted molar refractivity (Wildman–Crippen MR) is 145 cm³/mol. The molecule has 1 aliphatic rings. The van der Waals surface area contributed by atoms with Crippen LogP contribution in [0, 0.1) is 5.82 Å². The molecule has 0 spiro atoms. The maximum Gasteiger partial charge on any atom is 0.423 e. The largest absolute Gasteiger partial charge is 0.423 e. The topological polar surface area (TPSA) is 113 Å². The Hall–Kier alpha value is -4.20. The average molecular weight is 593 g/mol. The van der Waals surface area contributed by atoms with E-state index in [9.17, 15) is 31.5 Å². The van der Waals surface area contributed by atoms with Crippen LogP contribution in [0.5, 0.6) is 0 Å². The Kier molecular flexibility index (Phi) is 8.76. The molecule has 2 unspecified atom stereocenters. The molecule has 0 amide bonds. The number of halogens is 5. The first-order valence-corrected chi connectivity index (χ1v) is 12.9. The maximum atomic E-state index is 14.9. The van der Waals surface area contributed by atoms with Crippen LogP contribution in [0.4, 0.5) is 27.6 Å². The second kappa shape index (κ2) is 12.0. The van der Waals surface area contributed by atoms with Crippen molar-refractivity contribution in [3.8, 4) is 11.4 Å². The van der Waals surface area contributed by atoms with Crippen LogP contribution in [0.1, 0.15) is 59.9 Å². The Bertz CT molecular complexity index is 1560. The van der Waals surface area contributed by atoms with Gasteiger partial charge >= 0.3 is 6.18 Å². The second-order valence-corrected chi connectivity index (χ2v) is 10.6. The molecular formula is C28H29F5N6O3. The minimum atomic E-state index is -4.92. The van der Waals surface area contributed by atoms with Crippen LogP contribution in [0.2, 0.25) is 0 Å². The molecular weight excluding hydrogens is 563 g/mol. The Morgan fingerprint density at radius 2 is 1.98 bits per heavy atom. The van der Waals surface area contributed by atoms with Crippen molar-refractivity contribution in [2.24, 2.45) is 0 Å². The smallest absolute Gasteiger partial charge is 0.381 e. The van der Waals surface area contributed by atoms with Gasteiger partial charge in [0.1, 0.15) is 17.6 Å². The summed E-state index contributed by atoms with van der Waals surface area (Å²) >= 11 is 0. The number of carbonyl (C=O) groups excluding carboxylic acids is 1. The molecule has 1 aliphatic heterocycles. The van der Waals surface area contributed by atoms with E-state index in [1.807, 2.05) is 13.8 Å². The summed E-state index contributed by atoms with van der Waals surface area (Å²) in [7, 11) is 1.57. The van der Waals surface area contributed by atoms with Gasteiger partial charge in [-0.25, -0.2) is 23.8 Å². The van der Waals surface area contributed by atoms with Gasteiger partial charge in [0, 0.05) is 43.4 Å². The highest BCUT2D eigenvalue weighted by Crippen LogP contribution is 2.36. The van der Waals surface area contributed by atoms with Gasteiger partial charge in [-0.2, -0.15) is 18.3 Å². The van der Waals surface area contributed by atoms with Gasteiger partial charge in [-0.05, 0) is 50.7 Å². The average Bonchev–Trinajstić information content (AvgIpc) is 3.20. The van der Waals surface area contributed by atoms with Crippen LogP contribution in [-0.2, 0) is 23.1 Å². The molecule has 0 saturated carbocycles. The number of alkyl halides is 4. The molecule has 2 aromatic heterocycles. The number of anilines is 1. The summed E-state index contributed by atoms with van der Waals surface area (Å²) in [6.07, 6.45) is -0.657. The SMILES string of the molecule is CC(CC(F)CN(C)/C=C\c1cc(-c2ncc3c(n2)COC3(C)C)c(F)cc1C=O)Nc1cn[nH]c(=O)c1C(F)(F)F. The van der Waals surface area contributed by atoms with Gasteiger partial charge in [0.2, 0.25) is 0 Å². The highest BCUT2D eigenvalue weighted by Gasteiger charge is 2.37. The first-order valence-electron chi connectivity index (χ1n) is 12.9. The zero-order valence-corrected chi connectivity index (χ0v) is 23.2. The standard InChI is InChI=1S/C28H29F5N6O3/c1-15(36-22-11-35-38-26(41)24(22)28(31,32)33)7-18(29)12-39(4)6-5-16-8-19(21(30)9-17(16)13-40)25-34-10-20-23(37-25)14-42-27(20,2)3/h5-6,8-11,13,15,18H,7,12,14H2,1-4H3,(H2,36,38,41)/b6-5-. The van der Waals surface area contributed by atoms with E-state index in [-0.39, 0.29) is 36.5 Å². The van der Waals surface area contributed by atoms with Gasteiger partial charge in [-0.3, -0.25) is 9.59 Å². The third-order valence-corrected chi connectivity index (χ3v) is 6.77. The minimum absolute atomic E-state index is 0.0630. The van der Waals surface area contributed by atoms with E-state index in [2.05, 4.69) is 20.4 Å². The number of benzene rings is 1. The molecule has 3 aromatic rings. The number of rotatable bonds is 10. The van der Waals surface area contributed by atoms with Crippen molar-refractivity contribution in [3.63, 3.8) is 0 Å². The zero-order chi connectivity index (χ0) is 30.8. The van der Waals surface area contributed by atoms with Crippen LogP contribution >= 0.6 is 0 Å². The summed E-state index contributed by atoms with van der Waals surface area (Å²) in [4.78, 5) is 33.5. The summed E-state index contributed by atoms with van der Waals surface area (Å²) in [6, 6.07) is 1.73. The molecule has 3 heterocycles. The highest BCUT2D eigenvalue weighted by molar-refractivity contribution is 5.84. The van der Waals surface area contributed by atoms with E-state index < -0.39 is 46.6 Å². The Balaban J connectivity index is 1.44. The summed E-state index contributed by atoms with van der Waals surface area (Å²) in [5, 5.41) is 7.64. The van der Waals surface area contributed by atoms with Crippen molar-refractivity contribution in [1.29, 1.82) is 0 Å². The van der Waals surface area contributed by atoms with Gasteiger partial charge in [0.15, 0.2) is 12.1 Å². The number of aldehydes is 1. The van der Waals surface area contributed by atoms with Crippen LogP contribution in [0.25, 0.3) is 17.5 Å².